The molecule has 0 aromatic heterocycles. The van der Waals surface area contributed by atoms with Crippen molar-refractivity contribution in [3.63, 3.8) is 0 Å². The van der Waals surface area contributed by atoms with Gasteiger partial charge in [0.05, 0.1) is 13.2 Å². The zero-order valence-electron chi connectivity index (χ0n) is 17.7. The minimum Gasteiger partial charge on any atom is -0.469 e. The lowest BCUT2D eigenvalue weighted by Crippen LogP contribution is -2.33. The number of esters is 1. The Balaban J connectivity index is 2.15. The second kappa shape index (κ2) is 14.1. The van der Waals surface area contributed by atoms with Crippen LogP contribution in [0, 0.1) is 5.92 Å². The molecule has 0 aromatic rings. The molecule has 1 rings (SSSR count). The van der Waals surface area contributed by atoms with Gasteiger partial charge in [0.25, 0.3) is 0 Å². The number of unbranched alkanes of at least 4 members (excludes halogenated alkanes) is 2. The Morgan fingerprint density at radius 3 is 2.46 bits per heavy atom. The number of methoxy groups -OCH3 is 1. The van der Waals surface area contributed by atoms with Crippen LogP contribution in [0.2, 0.25) is 19.6 Å². The van der Waals surface area contributed by atoms with Crippen LogP contribution in [-0.2, 0) is 14.0 Å². The first-order valence-electron chi connectivity index (χ1n) is 10.7. The van der Waals surface area contributed by atoms with Crippen LogP contribution >= 0.6 is 11.8 Å². The fourth-order valence-electron chi connectivity index (χ4n) is 3.75. The van der Waals surface area contributed by atoms with Gasteiger partial charge in [0.1, 0.15) is 0 Å². The maximum Gasteiger partial charge on any atom is 0.305 e. The number of rotatable bonds is 14. The number of carbonyl (C=O) groups excluding carboxylic acids is 1. The van der Waals surface area contributed by atoms with Gasteiger partial charge >= 0.3 is 5.97 Å². The van der Waals surface area contributed by atoms with E-state index in [2.05, 4.69) is 24.4 Å². The predicted molar refractivity (Wildman–Crippen MR) is 116 cm³/mol. The second-order valence-corrected chi connectivity index (χ2v) is 14.4. The Hall–Kier alpha value is -0.00312. The van der Waals surface area contributed by atoms with Crippen molar-refractivity contribution in [1.29, 1.82) is 0 Å². The predicted octanol–water partition coefficient (Wildman–Crippen LogP) is 6.42. The third-order valence-corrected chi connectivity index (χ3v) is 7.31. The van der Waals surface area contributed by atoms with E-state index in [1.807, 2.05) is 11.8 Å². The molecule has 0 N–H and O–H groups in total. The molecule has 0 aliphatic heterocycles. The number of ether oxygens (including phenoxy) is 1. The molecule has 26 heavy (non-hydrogen) atoms. The average molecular weight is 403 g/mol. The molecule has 0 radical (unpaired) electrons. The van der Waals surface area contributed by atoms with Crippen LogP contribution < -0.4 is 0 Å². The van der Waals surface area contributed by atoms with Gasteiger partial charge < -0.3 is 9.16 Å². The normalized spacial score (nSPS) is 17.2. The van der Waals surface area contributed by atoms with Crippen LogP contribution in [0.15, 0.2) is 0 Å². The van der Waals surface area contributed by atoms with E-state index in [9.17, 15) is 4.79 Å². The number of hydrogen-bond donors (Lipinski definition) is 0. The highest BCUT2D eigenvalue weighted by Gasteiger charge is 2.21. The van der Waals surface area contributed by atoms with Crippen LogP contribution in [0.1, 0.15) is 77.0 Å². The Bertz CT molecular complexity index is 365. The van der Waals surface area contributed by atoms with E-state index in [4.69, 9.17) is 4.43 Å². The van der Waals surface area contributed by atoms with Crippen molar-refractivity contribution in [2.45, 2.75) is 103 Å². The van der Waals surface area contributed by atoms with Crippen LogP contribution in [0.4, 0.5) is 0 Å². The van der Waals surface area contributed by atoms with Gasteiger partial charge in [0.2, 0.25) is 0 Å². The van der Waals surface area contributed by atoms with Crippen molar-refractivity contribution < 1.29 is 14.0 Å². The molecule has 154 valence electrons. The molecule has 1 aliphatic carbocycles. The fraction of sp³-hybridized carbons (Fsp3) is 0.952. The summed E-state index contributed by atoms with van der Waals surface area (Å²) in [6.45, 7) is 6.91. The Morgan fingerprint density at radius 2 is 1.81 bits per heavy atom. The maximum absolute atomic E-state index is 11.1. The highest BCUT2D eigenvalue weighted by molar-refractivity contribution is 7.99. The van der Waals surface area contributed by atoms with E-state index >= 15 is 0 Å². The van der Waals surface area contributed by atoms with Gasteiger partial charge in [0.15, 0.2) is 8.32 Å². The first-order chi connectivity index (χ1) is 12.4. The molecule has 1 fully saturated rings. The highest BCUT2D eigenvalue weighted by atomic mass is 32.2. The molecule has 1 saturated carbocycles. The average Bonchev–Trinajstić information content (AvgIpc) is 2.60. The minimum absolute atomic E-state index is 0.0841. The van der Waals surface area contributed by atoms with Gasteiger partial charge in [-0.25, -0.2) is 0 Å². The van der Waals surface area contributed by atoms with Crippen molar-refractivity contribution in [1.82, 2.24) is 0 Å². The zero-order valence-corrected chi connectivity index (χ0v) is 19.5. The molecule has 1 atom stereocenters. The Labute approximate surface area is 167 Å². The van der Waals surface area contributed by atoms with Crippen molar-refractivity contribution >= 4 is 26.0 Å². The van der Waals surface area contributed by atoms with E-state index < -0.39 is 8.32 Å². The zero-order chi connectivity index (χ0) is 19.3. The molecule has 0 aromatic carbocycles. The summed E-state index contributed by atoms with van der Waals surface area (Å²) in [6, 6.07) is 0. The summed E-state index contributed by atoms with van der Waals surface area (Å²) >= 11 is 2.03. The molecular weight excluding hydrogens is 360 g/mol. The summed E-state index contributed by atoms with van der Waals surface area (Å²) in [5, 5.41) is 0. The smallest absolute Gasteiger partial charge is 0.305 e. The quantitative estimate of drug-likeness (QED) is 0.191. The molecular formula is C21H42O3SSi. The summed E-state index contributed by atoms with van der Waals surface area (Å²) < 4.78 is 11.1. The van der Waals surface area contributed by atoms with Gasteiger partial charge in [-0.15, -0.1) is 0 Å². The third-order valence-electron chi connectivity index (χ3n) is 5.08. The standard InChI is InChI=1S/C21H42O3SSi/c1-23-21(22)16-9-6-10-17-25-18-20(24-26(2,3)4)15-11-14-19-12-7-5-8-13-19/h19-20H,5-18H2,1-4H3. The lowest BCUT2D eigenvalue weighted by Gasteiger charge is -2.27. The van der Waals surface area contributed by atoms with E-state index in [-0.39, 0.29) is 5.97 Å². The van der Waals surface area contributed by atoms with Crippen molar-refractivity contribution in [3.05, 3.63) is 0 Å². The first kappa shape index (κ1) is 24.0. The molecule has 0 saturated heterocycles. The molecule has 3 nitrogen and oxygen atoms in total. The fourth-order valence-corrected chi connectivity index (χ4v) is 6.15. The molecule has 0 spiro atoms. The largest absolute Gasteiger partial charge is 0.469 e. The number of hydrogen-bond acceptors (Lipinski definition) is 4. The number of carbonyl (C=O) groups is 1. The molecule has 5 heteroatoms. The Morgan fingerprint density at radius 1 is 1.08 bits per heavy atom. The van der Waals surface area contributed by atoms with Gasteiger partial charge in [-0.3, -0.25) is 4.79 Å². The van der Waals surface area contributed by atoms with Crippen LogP contribution in [0.25, 0.3) is 0 Å². The van der Waals surface area contributed by atoms with Crippen LogP contribution in [0.3, 0.4) is 0 Å². The molecule has 1 unspecified atom stereocenters. The summed E-state index contributed by atoms with van der Waals surface area (Å²) in [6.07, 6.45) is 15.5. The molecule has 0 heterocycles. The SMILES string of the molecule is COC(=O)CCCCCSCC(CCCC1CCCCC1)O[Si](C)(C)C. The van der Waals surface area contributed by atoms with Gasteiger partial charge in [0, 0.05) is 12.2 Å². The lowest BCUT2D eigenvalue weighted by atomic mass is 9.85. The topological polar surface area (TPSA) is 35.5 Å². The van der Waals surface area contributed by atoms with Crippen LogP contribution in [-0.4, -0.2) is 39.0 Å². The highest BCUT2D eigenvalue weighted by Crippen LogP contribution is 2.28. The van der Waals surface area contributed by atoms with Crippen molar-refractivity contribution in [2.75, 3.05) is 18.6 Å². The summed E-state index contributed by atoms with van der Waals surface area (Å²) in [7, 11) is -0.00912. The van der Waals surface area contributed by atoms with E-state index in [0.29, 0.717) is 12.5 Å². The van der Waals surface area contributed by atoms with Crippen LogP contribution in [0.5, 0.6) is 0 Å². The van der Waals surface area contributed by atoms with Gasteiger partial charge in [-0.2, -0.15) is 11.8 Å². The van der Waals surface area contributed by atoms with Crippen molar-refractivity contribution in [3.8, 4) is 0 Å². The molecule has 1 aliphatic rings. The van der Waals surface area contributed by atoms with Gasteiger partial charge in [-0.05, 0) is 50.6 Å². The summed E-state index contributed by atoms with van der Waals surface area (Å²) in [5.74, 6) is 3.21. The first-order valence-corrected chi connectivity index (χ1v) is 15.3. The summed E-state index contributed by atoms with van der Waals surface area (Å²) in [5.41, 5.74) is 0. The minimum atomic E-state index is -1.47. The van der Waals surface area contributed by atoms with E-state index in [0.717, 1.165) is 24.5 Å². The van der Waals surface area contributed by atoms with Crippen molar-refractivity contribution in [2.24, 2.45) is 5.92 Å². The van der Waals surface area contributed by atoms with Gasteiger partial charge in [-0.1, -0.05) is 51.4 Å². The number of thioether (sulfide) groups is 1. The maximum atomic E-state index is 11.1. The lowest BCUT2D eigenvalue weighted by molar-refractivity contribution is -0.140. The molecule has 0 bridgehead atoms. The van der Waals surface area contributed by atoms with E-state index in [1.165, 1.54) is 70.7 Å². The second-order valence-electron chi connectivity index (χ2n) is 8.75. The third kappa shape index (κ3) is 13.2. The Kier molecular flexibility index (Phi) is 13.0. The summed E-state index contributed by atoms with van der Waals surface area (Å²) in [4.78, 5) is 11.1. The monoisotopic (exact) mass is 402 g/mol. The molecule has 0 amide bonds. The van der Waals surface area contributed by atoms with E-state index in [1.54, 1.807) is 0 Å².